The summed E-state index contributed by atoms with van der Waals surface area (Å²) in [5.74, 6) is 0.869. The predicted molar refractivity (Wildman–Crippen MR) is 130 cm³/mol. The Bertz CT molecular complexity index is 1100. The van der Waals surface area contributed by atoms with Crippen LogP contribution in [0.2, 0.25) is 0 Å². The van der Waals surface area contributed by atoms with Crippen LogP contribution in [0.5, 0.6) is 11.5 Å². The topological polar surface area (TPSA) is 90.0 Å². The second-order valence-corrected chi connectivity index (χ2v) is 9.29. The van der Waals surface area contributed by atoms with Gasteiger partial charge in [-0.25, -0.2) is 9.37 Å². The number of amidine groups is 1. The zero-order valence-corrected chi connectivity index (χ0v) is 20.2. The van der Waals surface area contributed by atoms with E-state index in [0.29, 0.717) is 34.7 Å². The summed E-state index contributed by atoms with van der Waals surface area (Å²) < 4.78 is 27.1. The summed E-state index contributed by atoms with van der Waals surface area (Å²) in [6.45, 7) is 8.18. The normalized spacial score (nSPS) is 12.7. The lowest BCUT2D eigenvalue weighted by Gasteiger charge is -2.21. The van der Waals surface area contributed by atoms with Crippen molar-refractivity contribution in [1.82, 2.24) is 4.98 Å². The lowest BCUT2D eigenvalue weighted by molar-refractivity contribution is -0.00229. The number of ether oxygens (including phenoxy) is 2. The summed E-state index contributed by atoms with van der Waals surface area (Å²) in [4.78, 5) is 5.62. The maximum Gasteiger partial charge on any atom is 0.241 e. The van der Waals surface area contributed by atoms with E-state index in [0.717, 1.165) is 22.7 Å². The first-order valence-electron chi connectivity index (χ1n) is 11.0. The molecule has 0 aliphatic heterocycles. The number of aromatic nitrogens is 1. The van der Waals surface area contributed by atoms with Crippen LogP contribution in [0, 0.1) is 12.7 Å². The molecule has 176 valence electrons. The standard InChI is InChI=1S/C25H30FN3O3S/c1-5-6-7-22(31-18-10-8-17(9-11-18)25(27)29-30)32-19-12-13-20(21(26)14-19)23-24(15(2)3)33-16(4)28-23/h8-15,22,30H,5-7H2,1-4H3,(H2,27,29). The highest BCUT2D eigenvalue weighted by Crippen LogP contribution is 2.36. The van der Waals surface area contributed by atoms with Crippen molar-refractivity contribution >= 4 is 17.2 Å². The van der Waals surface area contributed by atoms with E-state index in [4.69, 9.17) is 20.4 Å². The van der Waals surface area contributed by atoms with Crippen molar-refractivity contribution < 1.29 is 19.1 Å². The van der Waals surface area contributed by atoms with Crippen LogP contribution in [-0.4, -0.2) is 22.3 Å². The number of oxime groups is 1. The Balaban J connectivity index is 1.79. The average Bonchev–Trinajstić information content (AvgIpc) is 3.19. The number of hydrogen-bond acceptors (Lipinski definition) is 6. The van der Waals surface area contributed by atoms with E-state index in [9.17, 15) is 0 Å². The van der Waals surface area contributed by atoms with Gasteiger partial charge in [0.25, 0.3) is 0 Å². The number of halogens is 1. The van der Waals surface area contributed by atoms with E-state index < -0.39 is 6.29 Å². The maximum absolute atomic E-state index is 15.1. The third-order valence-corrected chi connectivity index (χ3v) is 6.34. The Morgan fingerprint density at radius 1 is 1.15 bits per heavy atom. The fourth-order valence-electron chi connectivity index (χ4n) is 3.37. The van der Waals surface area contributed by atoms with Gasteiger partial charge in [-0.15, -0.1) is 11.3 Å². The van der Waals surface area contributed by atoms with E-state index in [1.807, 2.05) is 6.92 Å². The first kappa shape index (κ1) is 24.5. The van der Waals surface area contributed by atoms with Crippen LogP contribution < -0.4 is 15.2 Å². The van der Waals surface area contributed by atoms with Crippen molar-refractivity contribution in [1.29, 1.82) is 0 Å². The van der Waals surface area contributed by atoms with Crippen LogP contribution in [0.15, 0.2) is 47.6 Å². The molecule has 0 amide bonds. The third kappa shape index (κ3) is 6.22. The van der Waals surface area contributed by atoms with E-state index in [1.165, 1.54) is 6.07 Å². The largest absolute Gasteiger partial charge is 0.455 e. The molecule has 0 spiro atoms. The molecule has 1 aromatic heterocycles. The molecular formula is C25H30FN3O3S. The average molecular weight is 472 g/mol. The molecule has 1 heterocycles. The number of nitrogens with zero attached hydrogens (tertiary/aromatic N) is 2. The fourth-order valence-corrected chi connectivity index (χ4v) is 4.31. The summed E-state index contributed by atoms with van der Waals surface area (Å²) in [6, 6.07) is 11.7. The lowest BCUT2D eigenvalue weighted by atomic mass is 10.0. The zero-order chi connectivity index (χ0) is 24.0. The minimum atomic E-state index is -0.586. The SMILES string of the molecule is CCCCC(Oc1ccc(C(N)=NO)cc1)Oc1ccc(-c2nc(C)sc2C(C)C)c(F)c1. The quantitative estimate of drug-likeness (QED) is 0.117. The Morgan fingerprint density at radius 2 is 1.82 bits per heavy atom. The molecule has 0 saturated heterocycles. The van der Waals surface area contributed by atoms with Crippen LogP contribution in [-0.2, 0) is 0 Å². The molecule has 0 saturated carbocycles. The van der Waals surface area contributed by atoms with Crippen LogP contribution in [0.25, 0.3) is 11.3 Å². The lowest BCUT2D eigenvalue weighted by Crippen LogP contribution is -2.24. The smallest absolute Gasteiger partial charge is 0.241 e. The highest BCUT2D eigenvalue weighted by atomic mass is 32.1. The van der Waals surface area contributed by atoms with Gasteiger partial charge in [0.1, 0.15) is 17.3 Å². The van der Waals surface area contributed by atoms with Crippen molar-refractivity contribution in [2.24, 2.45) is 10.9 Å². The van der Waals surface area contributed by atoms with Crippen molar-refractivity contribution in [3.8, 4) is 22.8 Å². The number of unbranched alkanes of at least 4 members (excludes halogenated alkanes) is 1. The zero-order valence-electron chi connectivity index (χ0n) is 19.3. The van der Waals surface area contributed by atoms with Crippen LogP contribution in [0.4, 0.5) is 4.39 Å². The van der Waals surface area contributed by atoms with Crippen molar-refractivity contribution in [3.63, 3.8) is 0 Å². The number of nitrogens with two attached hydrogens (primary N) is 1. The second kappa shape index (κ2) is 11.1. The molecule has 6 nitrogen and oxygen atoms in total. The monoisotopic (exact) mass is 471 g/mol. The minimum Gasteiger partial charge on any atom is -0.455 e. The van der Waals surface area contributed by atoms with Gasteiger partial charge in [0.2, 0.25) is 6.29 Å². The molecule has 8 heteroatoms. The fraction of sp³-hybridized carbons (Fsp3) is 0.360. The van der Waals surface area contributed by atoms with Gasteiger partial charge in [-0.2, -0.15) is 0 Å². The molecule has 0 bridgehead atoms. The number of aryl methyl sites for hydroxylation is 1. The van der Waals surface area contributed by atoms with E-state index in [-0.39, 0.29) is 17.6 Å². The van der Waals surface area contributed by atoms with E-state index >= 15 is 4.39 Å². The molecule has 2 aromatic carbocycles. The summed E-state index contributed by atoms with van der Waals surface area (Å²) in [5, 5.41) is 12.7. The van der Waals surface area contributed by atoms with Crippen LogP contribution in [0.1, 0.15) is 61.4 Å². The molecular weight excluding hydrogens is 441 g/mol. The van der Waals surface area contributed by atoms with Crippen molar-refractivity contribution in [2.75, 3.05) is 0 Å². The number of thiazole rings is 1. The van der Waals surface area contributed by atoms with Gasteiger partial charge in [0.15, 0.2) is 5.84 Å². The maximum atomic E-state index is 15.1. The Kier molecular flexibility index (Phi) is 8.27. The van der Waals surface area contributed by atoms with Crippen LogP contribution in [0.3, 0.4) is 0 Å². The van der Waals surface area contributed by atoms with Crippen molar-refractivity contribution in [3.05, 3.63) is 63.7 Å². The summed E-state index contributed by atoms with van der Waals surface area (Å²) >= 11 is 1.60. The molecule has 0 fully saturated rings. The first-order chi connectivity index (χ1) is 15.8. The summed E-state index contributed by atoms with van der Waals surface area (Å²) in [7, 11) is 0. The molecule has 3 aromatic rings. The molecule has 3 rings (SSSR count). The Labute approximate surface area is 197 Å². The molecule has 0 aliphatic carbocycles. The van der Waals surface area contributed by atoms with Crippen LogP contribution >= 0.6 is 11.3 Å². The van der Waals surface area contributed by atoms with Gasteiger partial charge in [0.05, 0.1) is 10.7 Å². The van der Waals surface area contributed by atoms with E-state index in [2.05, 4.69) is 30.9 Å². The third-order valence-electron chi connectivity index (χ3n) is 5.07. The summed E-state index contributed by atoms with van der Waals surface area (Å²) in [5.41, 5.74) is 7.35. The van der Waals surface area contributed by atoms with Gasteiger partial charge in [-0.1, -0.05) is 32.3 Å². The molecule has 1 atom stereocenters. The molecule has 33 heavy (non-hydrogen) atoms. The van der Waals surface area contributed by atoms with E-state index in [1.54, 1.807) is 47.7 Å². The number of hydrogen-bond donors (Lipinski definition) is 2. The summed E-state index contributed by atoms with van der Waals surface area (Å²) in [6.07, 6.45) is 1.92. The molecule has 0 aliphatic rings. The molecule has 1 unspecified atom stereocenters. The molecule has 3 N–H and O–H groups in total. The Morgan fingerprint density at radius 3 is 2.42 bits per heavy atom. The second-order valence-electron chi connectivity index (χ2n) is 8.06. The van der Waals surface area contributed by atoms with Gasteiger partial charge in [-0.3, -0.25) is 0 Å². The highest BCUT2D eigenvalue weighted by molar-refractivity contribution is 7.12. The predicted octanol–water partition coefficient (Wildman–Crippen LogP) is 6.45. The first-order valence-corrected chi connectivity index (χ1v) is 11.8. The van der Waals surface area contributed by atoms with Crippen molar-refractivity contribution in [2.45, 2.75) is 59.2 Å². The van der Waals surface area contributed by atoms with Gasteiger partial charge in [0, 0.05) is 28.5 Å². The van der Waals surface area contributed by atoms with Gasteiger partial charge < -0.3 is 20.4 Å². The number of rotatable bonds is 10. The highest BCUT2D eigenvalue weighted by Gasteiger charge is 2.19. The Hall–Kier alpha value is -3.13. The number of benzene rings is 2. The van der Waals surface area contributed by atoms with Gasteiger partial charge in [-0.05, 0) is 55.7 Å². The molecule has 0 radical (unpaired) electrons. The van der Waals surface area contributed by atoms with Gasteiger partial charge >= 0.3 is 0 Å². The minimum absolute atomic E-state index is 0.0202.